The number of nitrogens with zero attached hydrogens (tertiary/aromatic N) is 1. The zero-order valence-electron chi connectivity index (χ0n) is 14.8. The van der Waals surface area contributed by atoms with Crippen LogP contribution < -0.4 is 5.32 Å². The summed E-state index contributed by atoms with van der Waals surface area (Å²) in [5.41, 5.74) is 0.576. The topological polar surface area (TPSA) is 15.3 Å². The van der Waals surface area contributed by atoms with E-state index in [1.165, 1.54) is 84.1 Å². The third-order valence-electron chi connectivity index (χ3n) is 5.81. The van der Waals surface area contributed by atoms with Crippen molar-refractivity contribution >= 4 is 0 Å². The van der Waals surface area contributed by atoms with Gasteiger partial charge in [0.1, 0.15) is 0 Å². The van der Waals surface area contributed by atoms with Crippen LogP contribution in [0.4, 0.5) is 0 Å². The Morgan fingerprint density at radius 1 is 1.10 bits per heavy atom. The van der Waals surface area contributed by atoms with Gasteiger partial charge in [0.2, 0.25) is 0 Å². The van der Waals surface area contributed by atoms with Gasteiger partial charge in [-0.2, -0.15) is 0 Å². The highest BCUT2D eigenvalue weighted by Gasteiger charge is 2.34. The lowest BCUT2D eigenvalue weighted by Crippen LogP contribution is -2.48. The molecule has 1 aliphatic carbocycles. The van der Waals surface area contributed by atoms with Gasteiger partial charge in [-0.25, -0.2) is 0 Å². The molecular weight excluding hydrogens is 256 g/mol. The summed E-state index contributed by atoms with van der Waals surface area (Å²) < 4.78 is 0. The van der Waals surface area contributed by atoms with Crippen molar-refractivity contribution in [2.24, 2.45) is 17.3 Å². The molecule has 1 saturated heterocycles. The first-order valence-corrected chi connectivity index (χ1v) is 9.56. The van der Waals surface area contributed by atoms with Gasteiger partial charge < -0.3 is 10.2 Å². The molecule has 1 N–H and O–H groups in total. The van der Waals surface area contributed by atoms with Crippen LogP contribution >= 0.6 is 0 Å². The van der Waals surface area contributed by atoms with Gasteiger partial charge in [0.25, 0.3) is 0 Å². The fourth-order valence-corrected chi connectivity index (χ4v) is 4.35. The van der Waals surface area contributed by atoms with Crippen molar-refractivity contribution < 1.29 is 0 Å². The van der Waals surface area contributed by atoms with E-state index in [1.54, 1.807) is 0 Å². The smallest absolute Gasteiger partial charge is 0.00501 e. The number of hydrogen-bond acceptors (Lipinski definition) is 2. The maximum Gasteiger partial charge on any atom is 0.00501 e. The van der Waals surface area contributed by atoms with E-state index in [2.05, 4.69) is 31.0 Å². The van der Waals surface area contributed by atoms with Gasteiger partial charge in [0.15, 0.2) is 0 Å². The van der Waals surface area contributed by atoms with Gasteiger partial charge in [0, 0.05) is 13.1 Å². The summed E-state index contributed by atoms with van der Waals surface area (Å²) in [7, 11) is 0. The van der Waals surface area contributed by atoms with E-state index in [0.717, 1.165) is 11.8 Å². The summed E-state index contributed by atoms with van der Waals surface area (Å²) >= 11 is 0. The molecule has 2 nitrogen and oxygen atoms in total. The lowest BCUT2D eigenvalue weighted by Gasteiger charge is -2.43. The number of piperidine rings is 1. The number of hydrogen-bond donors (Lipinski definition) is 1. The standard InChI is InChI=1S/C19H38N2/c1-4-18-8-12-21(13-9-18)16-19(10-6-5-7-11-19)15-20-14-17(2)3/h17-18,20H,4-16H2,1-3H3. The van der Waals surface area contributed by atoms with E-state index >= 15 is 0 Å². The molecule has 0 amide bonds. The van der Waals surface area contributed by atoms with E-state index in [4.69, 9.17) is 0 Å². The minimum atomic E-state index is 0.576. The molecule has 0 spiro atoms. The summed E-state index contributed by atoms with van der Waals surface area (Å²) in [4.78, 5) is 2.79. The van der Waals surface area contributed by atoms with E-state index < -0.39 is 0 Å². The maximum absolute atomic E-state index is 3.78. The van der Waals surface area contributed by atoms with Crippen molar-refractivity contribution in [3.8, 4) is 0 Å². The van der Waals surface area contributed by atoms with Gasteiger partial charge in [-0.3, -0.25) is 0 Å². The second-order valence-corrected chi connectivity index (χ2v) is 8.21. The van der Waals surface area contributed by atoms with Gasteiger partial charge >= 0.3 is 0 Å². The Kier molecular flexibility index (Phi) is 7.01. The largest absolute Gasteiger partial charge is 0.316 e. The average Bonchev–Trinajstić information content (AvgIpc) is 2.48. The molecule has 1 saturated carbocycles. The number of likely N-dealkylation sites (tertiary alicyclic amines) is 1. The van der Waals surface area contributed by atoms with Crippen LogP contribution in [0.1, 0.15) is 72.1 Å². The molecule has 2 aliphatic rings. The maximum atomic E-state index is 3.78. The Morgan fingerprint density at radius 3 is 2.33 bits per heavy atom. The minimum absolute atomic E-state index is 0.576. The van der Waals surface area contributed by atoms with E-state index in [0.29, 0.717) is 5.41 Å². The van der Waals surface area contributed by atoms with Crippen LogP contribution in [0, 0.1) is 17.3 Å². The molecular formula is C19H38N2. The predicted octanol–water partition coefficient (Wildman–Crippen LogP) is 4.30. The van der Waals surface area contributed by atoms with Gasteiger partial charge in [-0.15, -0.1) is 0 Å². The lowest BCUT2D eigenvalue weighted by atomic mass is 9.73. The van der Waals surface area contributed by atoms with E-state index in [9.17, 15) is 0 Å². The molecule has 0 aromatic heterocycles. The van der Waals surface area contributed by atoms with Gasteiger partial charge in [0.05, 0.1) is 0 Å². The lowest BCUT2D eigenvalue weighted by molar-refractivity contribution is 0.0767. The first-order chi connectivity index (χ1) is 10.1. The monoisotopic (exact) mass is 294 g/mol. The van der Waals surface area contributed by atoms with Crippen LogP contribution in [-0.2, 0) is 0 Å². The molecule has 0 aromatic carbocycles. The predicted molar refractivity (Wildman–Crippen MR) is 92.7 cm³/mol. The second kappa shape index (κ2) is 8.53. The summed E-state index contributed by atoms with van der Waals surface area (Å²) in [6.45, 7) is 13.5. The quantitative estimate of drug-likeness (QED) is 0.753. The zero-order valence-corrected chi connectivity index (χ0v) is 14.8. The van der Waals surface area contributed by atoms with Crippen LogP contribution in [0.3, 0.4) is 0 Å². The summed E-state index contributed by atoms with van der Waals surface area (Å²) in [5.74, 6) is 1.77. The third-order valence-corrected chi connectivity index (χ3v) is 5.81. The molecule has 2 heteroatoms. The van der Waals surface area contributed by atoms with E-state index in [-0.39, 0.29) is 0 Å². The van der Waals surface area contributed by atoms with Crippen molar-refractivity contribution in [2.45, 2.75) is 72.1 Å². The first kappa shape index (κ1) is 17.3. The Hall–Kier alpha value is -0.0800. The molecule has 2 rings (SSSR count). The molecule has 0 aromatic rings. The molecule has 0 bridgehead atoms. The van der Waals surface area contributed by atoms with Crippen LogP contribution in [0.2, 0.25) is 0 Å². The second-order valence-electron chi connectivity index (χ2n) is 8.21. The summed E-state index contributed by atoms with van der Waals surface area (Å²) in [6.07, 6.45) is 11.5. The van der Waals surface area contributed by atoms with Crippen molar-refractivity contribution in [1.82, 2.24) is 10.2 Å². The molecule has 0 radical (unpaired) electrons. The van der Waals surface area contributed by atoms with Crippen molar-refractivity contribution in [2.75, 3.05) is 32.7 Å². The normalized spacial score (nSPS) is 24.6. The molecule has 0 atom stereocenters. The van der Waals surface area contributed by atoms with Crippen LogP contribution in [0.5, 0.6) is 0 Å². The van der Waals surface area contributed by atoms with Crippen molar-refractivity contribution in [1.29, 1.82) is 0 Å². The zero-order chi connectivity index (χ0) is 15.1. The average molecular weight is 295 g/mol. The highest BCUT2D eigenvalue weighted by atomic mass is 15.1. The Morgan fingerprint density at radius 2 is 1.76 bits per heavy atom. The summed E-state index contributed by atoms with van der Waals surface area (Å²) in [6, 6.07) is 0. The highest BCUT2D eigenvalue weighted by Crippen LogP contribution is 2.37. The Balaban J connectivity index is 1.84. The number of nitrogens with one attached hydrogen (secondary N) is 1. The molecule has 2 fully saturated rings. The molecule has 1 aliphatic heterocycles. The molecule has 21 heavy (non-hydrogen) atoms. The van der Waals surface area contributed by atoms with Gasteiger partial charge in [-0.05, 0) is 62.6 Å². The van der Waals surface area contributed by atoms with E-state index in [1.807, 2.05) is 0 Å². The minimum Gasteiger partial charge on any atom is -0.316 e. The van der Waals surface area contributed by atoms with Gasteiger partial charge in [-0.1, -0.05) is 46.5 Å². The highest BCUT2D eigenvalue weighted by molar-refractivity contribution is 4.89. The Labute approximate surface area is 133 Å². The molecule has 0 unspecified atom stereocenters. The SMILES string of the molecule is CCC1CCN(CC2(CNCC(C)C)CCCCC2)CC1. The fourth-order valence-electron chi connectivity index (χ4n) is 4.35. The first-order valence-electron chi connectivity index (χ1n) is 9.56. The molecule has 124 valence electrons. The van der Waals surface area contributed by atoms with Crippen LogP contribution in [-0.4, -0.2) is 37.6 Å². The third kappa shape index (κ3) is 5.56. The Bertz CT molecular complexity index is 273. The van der Waals surface area contributed by atoms with Crippen LogP contribution in [0.15, 0.2) is 0 Å². The van der Waals surface area contributed by atoms with Crippen molar-refractivity contribution in [3.05, 3.63) is 0 Å². The van der Waals surface area contributed by atoms with Crippen molar-refractivity contribution in [3.63, 3.8) is 0 Å². The fraction of sp³-hybridized carbons (Fsp3) is 1.00. The number of rotatable bonds is 7. The summed E-state index contributed by atoms with van der Waals surface area (Å²) in [5, 5.41) is 3.78. The van der Waals surface area contributed by atoms with Crippen LogP contribution in [0.25, 0.3) is 0 Å². The molecule has 1 heterocycles.